The number of rotatable bonds is 0. The number of nitrogen functional groups attached to an aromatic ring is 1. The van der Waals surface area contributed by atoms with Crippen molar-refractivity contribution in [1.29, 1.82) is 0 Å². The average molecular weight is 185 g/mol. The number of nitrogens with zero attached hydrogens (tertiary/aromatic N) is 1. The lowest BCUT2D eigenvalue weighted by Crippen LogP contribution is -1.85. The molecule has 1 heterocycles. The van der Waals surface area contributed by atoms with E-state index in [4.69, 9.17) is 17.3 Å². The van der Waals surface area contributed by atoms with Gasteiger partial charge in [-0.2, -0.15) is 0 Å². The lowest BCUT2D eigenvalue weighted by molar-refractivity contribution is 1.50. The Labute approximate surface area is 72.6 Å². The molecule has 56 valence electrons. The lowest BCUT2D eigenvalue weighted by Gasteiger charge is -1.94. The third kappa shape index (κ3) is 1.06. The zero-order chi connectivity index (χ0) is 7.84. The summed E-state index contributed by atoms with van der Waals surface area (Å²) in [6, 6.07) is 3.58. The van der Waals surface area contributed by atoms with E-state index in [1.165, 1.54) is 0 Å². The minimum atomic E-state index is 0.647. The van der Waals surface area contributed by atoms with Crippen molar-refractivity contribution in [2.24, 2.45) is 0 Å². The van der Waals surface area contributed by atoms with E-state index >= 15 is 0 Å². The molecule has 0 saturated carbocycles. The number of hydrogen-bond acceptors (Lipinski definition) is 3. The minimum Gasteiger partial charge on any atom is -0.397 e. The minimum absolute atomic E-state index is 0.647. The molecule has 1 aromatic heterocycles. The van der Waals surface area contributed by atoms with Crippen LogP contribution < -0.4 is 5.73 Å². The second-order valence-electron chi connectivity index (χ2n) is 2.19. The molecule has 2 nitrogen and oxygen atoms in total. The predicted octanol–water partition coefficient (Wildman–Crippen LogP) is 2.53. The van der Waals surface area contributed by atoms with Gasteiger partial charge in [-0.3, -0.25) is 0 Å². The van der Waals surface area contributed by atoms with Gasteiger partial charge in [-0.05, 0) is 12.1 Å². The summed E-state index contributed by atoms with van der Waals surface area (Å²) in [5.74, 6) is 0. The van der Waals surface area contributed by atoms with E-state index in [1.54, 1.807) is 22.9 Å². The second kappa shape index (κ2) is 2.36. The Morgan fingerprint density at radius 2 is 2.27 bits per heavy atom. The first-order valence-electron chi connectivity index (χ1n) is 3.05. The van der Waals surface area contributed by atoms with Crippen LogP contribution in [-0.4, -0.2) is 4.98 Å². The highest BCUT2D eigenvalue weighted by molar-refractivity contribution is 7.16. The summed E-state index contributed by atoms with van der Waals surface area (Å²) in [6.07, 6.45) is 0. The quantitative estimate of drug-likeness (QED) is 0.639. The third-order valence-corrected chi connectivity index (χ3v) is 2.42. The number of hydrogen-bond donors (Lipinski definition) is 1. The maximum absolute atomic E-state index is 5.78. The van der Waals surface area contributed by atoms with Gasteiger partial charge >= 0.3 is 0 Å². The first-order valence-corrected chi connectivity index (χ1v) is 4.31. The summed E-state index contributed by atoms with van der Waals surface area (Å²) in [4.78, 5) is 4.09. The van der Waals surface area contributed by atoms with E-state index in [1.807, 2.05) is 6.07 Å². The maximum atomic E-state index is 5.78. The van der Waals surface area contributed by atoms with Crippen LogP contribution in [0.15, 0.2) is 17.6 Å². The molecule has 0 unspecified atom stereocenters. The van der Waals surface area contributed by atoms with Crippen molar-refractivity contribution in [1.82, 2.24) is 4.98 Å². The molecule has 0 atom stereocenters. The highest BCUT2D eigenvalue weighted by Gasteiger charge is 2.01. The Morgan fingerprint density at radius 3 is 3.09 bits per heavy atom. The first-order chi connectivity index (χ1) is 5.27. The van der Waals surface area contributed by atoms with Gasteiger partial charge < -0.3 is 5.73 Å². The van der Waals surface area contributed by atoms with E-state index in [-0.39, 0.29) is 0 Å². The molecule has 0 spiro atoms. The van der Waals surface area contributed by atoms with Gasteiger partial charge in [-0.25, -0.2) is 4.98 Å². The van der Waals surface area contributed by atoms with Crippen LogP contribution in [0.4, 0.5) is 5.69 Å². The van der Waals surface area contributed by atoms with Gasteiger partial charge in [-0.1, -0.05) is 11.6 Å². The van der Waals surface area contributed by atoms with Crippen molar-refractivity contribution in [2.45, 2.75) is 0 Å². The highest BCUT2D eigenvalue weighted by Crippen LogP contribution is 2.27. The topological polar surface area (TPSA) is 38.9 Å². The fourth-order valence-electron chi connectivity index (χ4n) is 0.958. The molecule has 0 saturated heterocycles. The molecule has 2 aromatic rings. The van der Waals surface area contributed by atoms with Crippen LogP contribution in [0, 0.1) is 0 Å². The largest absolute Gasteiger partial charge is 0.397 e. The molecule has 2 rings (SSSR count). The van der Waals surface area contributed by atoms with E-state index in [9.17, 15) is 0 Å². The SMILES string of the molecule is Nc1cc(Cl)cc2scnc12. The van der Waals surface area contributed by atoms with Crippen molar-refractivity contribution in [3.63, 3.8) is 0 Å². The van der Waals surface area contributed by atoms with Gasteiger partial charge in [-0.15, -0.1) is 11.3 Å². The number of halogens is 1. The zero-order valence-electron chi connectivity index (χ0n) is 5.54. The molecule has 2 N–H and O–H groups in total. The molecule has 4 heteroatoms. The van der Waals surface area contributed by atoms with Crippen molar-refractivity contribution >= 4 is 38.8 Å². The molecular formula is C7H5ClN2S. The smallest absolute Gasteiger partial charge is 0.104 e. The molecule has 0 amide bonds. The summed E-state index contributed by atoms with van der Waals surface area (Å²) < 4.78 is 1.04. The predicted molar refractivity (Wildman–Crippen MR) is 49.0 cm³/mol. The Morgan fingerprint density at radius 1 is 1.45 bits per heavy atom. The van der Waals surface area contributed by atoms with Crippen LogP contribution in [0.1, 0.15) is 0 Å². The Balaban J connectivity index is 2.91. The number of benzene rings is 1. The van der Waals surface area contributed by atoms with Gasteiger partial charge in [0.05, 0.1) is 15.9 Å². The van der Waals surface area contributed by atoms with Gasteiger partial charge in [0, 0.05) is 5.02 Å². The molecule has 0 aliphatic heterocycles. The van der Waals surface area contributed by atoms with E-state index in [0.717, 1.165) is 10.2 Å². The average Bonchev–Trinajstić information content (AvgIpc) is 2.34. The Bertz CT molecular complexity index is 396. The highest BCUT2D eigenvalue weighted by atomic mass is 35.5. The summed E-state index contributed by atoms with van der Waals surface area (Å²) in [7, 11) is 0. The van der Waals surface area contributed by atoms with Crippen molar-refractivity contribution in [2.75, 3.05) is 5.73 Å². The van der Waals surface area contributed by atoms with Crippen LogP contribution in [0.2, 0.25) is 5.02 Å². The molecule has 0 bridgehead atoms. The summed E-state index contributed by atoms with van der Waals surface area (Å²) in [5, 5.41) is 0.666. The summed E-state index contributed by atoms with van der Waals surface area (Å²) in [6.45, 7) is 0. The van der Waals surface area contributed by atoms with Crippen molar-refractivity contribution in [3.8, 4) is 0 Å². The van der Waals surface area contributed by atoms with E-state index in [0.29, 0.717) is 10.7 Å². The normalized spacial score (nSPS) is 10.6. The fraction of sp³-hybridized carbons (Fsp3) is 0. The van der Waals surface area contributed by atoms with Crippen LogP contribution in [0.25, 0.3) is 10.2 Å². The Hall–Kier alpha value is -0.800. The van der Waals surface area contributed by atoms with Crippen LogP contribution >= 0.6 is 22.9 Å². The Kier molecular flexibility index (Phi) is 1.47. The van der Waals surface area contributed by atoms with Gasteiger partial charge in [0.25, 0.3) is 0 Å². The molecule has 1 aromatic carbocycles. The van der Waals surface area contributed by atoms with Crippen LogP contribution in [0.3, 0.4) is 0 Å². The summed E-state index contributed by atoms with van der Waals surface area (Å²) >= 11 is 7.32. The van der Waals surface area contributed by atoms with Crippen molar-refractivity contribution in [3.05, 3.63) is 22.7 Å². The molecule has 0 aliphatic carbocycles. The van der Waals surface area contributed by atoms with E-state index in [2.05, 4.69) is 4.98 Å². The number of anilines is 1. The van der Waals surface area contributed by atoms with Crippen molar-refractivity contribution < 1.29 is 0 Å². The van der Waals surface area contributed by atoms with Gasteiger partial charge in [0.2, 0.25) is 0 Å². The van der Waals surface area contributed by atoms with Crippen LogP contribution in [-0.2, 0) is 0 Å². The van der Waals surface area contributed by atoms with Gasteiger partial charge in [0.15, 0.2) is 0 Å². The number of aromatic nitrogens is 1. The lowest BCUT2D eigenvalue weighted by atomic mass is 10.3. The zero-order valence-corrected chi connectivity index (χ0v) is 7.12. The molecule has 11 heavy (non-hydrogen) atoms. The summed E-state index contributed by atoms with van der Waals surface area (Å²) in [5.41, 5.74) is 8.92. The number of thiazole rings is 1. The fourth-order valence-corrected chi connectivity index (χ4v) is 2.00. The molecule has 0 radical (unpaired) electrons. The maximum Gasteiger partial charge on any atom is 0.104 e. The van der Waals surface area contributed by atoms with E-state index < -0.39 is 0 Å². The molecular weight excluding hydrogens is 180 g/mol. The van der Waals surface area contributed by atoms with Crippen LogP contribution in [0.5, 0.6) is 0 Å². The first kappa shape index (κ1) is 6.88. The molecule has 0 aliphatic rings. The second-order valence-corrected chi connectivity index (χ2v) is 3.52. The third-order valence-electron chi connectivity index (χ3n) is 1.43. The molecule has 0 fully saturated rings. The standard InChI is InChI=1S/C7H5ClN2S/c8-4-1-5(9)7-6(2-4)11-3-10-7/h1-3H,9H2. The van der Waals surface area contributed by atoms with Gasteiger partial charge in [0.1, 0.15) is 5.52 Å². The number of nitrogens with two attached hydrogens (primary N) is 1. The monoisotopic (exact) mass is 184 g/mol. The number of fused-ring (bicyclic) bond motifs is 1.